The van der Waals surface area contributed by atoms with E-state index in [0.717, 1.165) is 56.1 Å². The Labute approximate surface area is 164 Å². The fourth-order valence-electron chi connectivity index (χ4n) is 3.47. The van der Waals surface area contributed by atoms with Crippen molar-refractivity contribution in [1.82, 2.24) is 25.2 Å². The average Bonchev–Trinajstić information content (AvgIpc) is 2.94. The molecule has 3 heterocycles. The van der Waals surface area contributed by atoms with Crippen LogP contribution in [0.1, 0.15) is 23.4 Å². The van der Waals surface area contributed by atoms with E-state index in [4.69, 9.17) is 0 Å². The third-order valence-corrected chi connectivity index (χ3v) is 6.28. The molecule has 2 aliphatic rings. The summed E-state index contributed by atoms with van der Waals surface area (Å²) in [6.45, 7) is 9.36. The highest BCUT2D eigenvalue weighted by molar-refractivity contribution is 7.15. The molecule has 2 amide bonds. The van der Waals surface area contributed by atoms with Gasteiger partial charge in [-0.15, -0.1) is 11.3 Å². The first-order valence-electron chi connectivity index (χ1n) is 9.61. The van der Waals surface area contributed by atoms with Crippen molar-refractivity contribution in [2.75, 3.05) is 58.2 Å². The SMILES string of the molecule is Cc1nc(NC(=O)CN2CCCC(C(=O)NN3CCN(C)CC3)C2)sc1C. The van der Waals surface area contributed by atoms with Gasteiger partial charge in [0.05, 0.1) is 18.2 Å². The molecule has 27 heavy (non-hydrogen) atoms. The van der Waals surface area contributed by atoms with Crippen LogP contribution in [0, 0.1) is 19.8 Å². The largest absolute Gasteiger partial charge is 0.304 e. The summed E-state index contributed by atoms with van der Waals surface area (Å²) in [5.41, 5.74) is 4.02. The number of carbonyl (C=O) groups excluding carboxylic acids is 2. The van der Waals surface area contributed by atoms with Gasteiger partial charge < -0.3 is 10.2 Å². The van der Waals surface area contributed by atoms with Crippen molar-refractivity contribution in [3.63, 3.8) is 0 Å². The number of hydrazine groups is 1. The number of amides is 2. The molecule has 150 valence electrons. The molecule has 8 nitrogen and oxygen atoms in total. The van der Waals surface area contributed by atoms with Gasteiger partial charge in [0.25, 0.3) is 0 Å². The monoisotopic (exact) mass is 394 g/mol. The molecule has 2 saturated heterocycles. The van der Waals surface area contributed by atoms with Crippen molar-refractivity contribution < 1.29 is 9.59 Å². The lowest BCUT2D eigenvalue weighted by Gasteiger charge is -2.35. The highest BCUT2D eigenvalue weighted by Gasteiger charge is 2.28. The van der Waals surface area contributed by atoms with Crippen LogP contribution in [-0.2, 0) is 9.59 Å². The van der Waals surface area contributed by atoms with Gasteiger partial charge in [0.15, 0.2) is 5.13 Å². The lowest BCUT2D eigenvalue weighted by atomic mass is 9.97. The van der Waals surface area contributed by atoms with Crippen LogP contribution in [-0.4, -0.2) is 84.5 Å². The summed E-state index contributed by atoms with van der Waals surface area (Å²) in [7, 11) is 2.09. The van der Waals surface area contributed by atoms with E-state index in [9.17, 15) is 9.59 Å². The van der Waals surface area contributed by atoms with Crippen LogP contribution >= 0.6 is 11.3 Å². The summed E-state index contributed by atoms with van der Waals surface area (Å²) in [4.78, 5) is 34.7. The molecule has 3 rings (SSSR count). The van der Waals surface area contributed by atoms with Gasteiger partial charge in [-0.1, -0.05) is 0 Å². The number of aromatic nitrogens is 1. The number of anilines is 1. The third kappa shape index (κ3) is 5.71. The molecule has 1 aromatic heterocycles. The Kier molecular flexibility index (Phi) is 6.80. The van der Waals surface area contributed by atoms with Crippen LogP contribution < -0.4 is 10.7 Å². The Morgan fingerprint density at radius 2 is 1.93 bits per heavy atom. The van der Waals surface area contributed by atoms with Crippen molar-refractivity contribution in [2.24, 2.45) is 5.92 Å². The first-order valence-corrected chi connectivity index (χ1v) is 10.4. The summed E-state index contributed by atoms with van der Waals surface area (Å²) in [5.74, 6) is -0.0460. The van der Waals surface area contributed by atoms with E-state index in [-0.39, 0.29) is 17.7 Å². The number of hydrogen-bond acceptors (Lipinski definition) is 7. The summed E-state index contributed by atoms with van der Waals surface area (Å²) in [6.07, 6.45) is 1.81. The molecule has 1 aromatic rings. The number of nitrogens with zero attached hydrogens (tertiary/aromatic N) is 4. The second kappa shape index (κ2) is 9.09. The van der Waals surface area contributed by atoms with Gasteiger partial charge in [0, 0.05) is 37.6 Å². The number of carbonyl (C=O) groups is 2. The van der Waals surface area contributed by atoms with Gasteiger partial charge in [-0.3, -0.25) is 19.9 Å². The van der Waals surface area contributed by atoms with E-state index in [1.807, 2.05) is 18.9 Å². The molecule has 0 aromatic carbocycles. The minimum absolute atomic E-state index is 0.0597. The minimum atomic E-state index is -0.0659. The second-order valence-corrected chi connectivity index (χ2v) is 8.75. The van der Waals surface area contributed by atoms with Gasteiger partial charge in [0.1, 0.15) is 0 Å². The van der Waals surface area contributed by atoms with Crippen molar-refractivity contribution in [3.8, 4) is 0 Å². The van der Waals surface area contributed by atoms with Gasteiger partial charge in [0.2, 0.25) is 11.8 Å². The summed E-state index contributed by atoms with van der Waals surface area (Å²) in [5, 5.41) is 5.54. The second-order valence-electron chi connectivity index (χ2n) is 7.55. The number of piperidine rings is 1. The first-order chi connectivity index (χ1) is 12.9. The molecule has 1 atom stereocenters. The standard InChI is InChI=1S/C18H30N6O2S/c1-13-14(2)27-18(19-13)20-16(25)12-23-6-4-5-15(11-23)17(26)21-24-9-7-22(3)8-10-24/h15H,4-12H2,1-3H3,(H,21,26)(H,19,20,25). The van der Waals surface area contributed by atoms with Crippen LogP contribution in [0.25, 0.3) is 0 Å². The zero-order valence-electron chi connectivity index (χ0n) is 16.5. The molecule has 0 spiro atoms. The summed E-state index contributed by atoms with van der Waals surface area (Å²) < 4.78 is 0. The molecule has 0 radical (unpaired) electrons. The zero-order valence-corrected chi connectivity index (χ0v) is 17.3. The third-order valence-electron chi connectivity index (χ3n) is 5.29. The number of hydrogen-bond donors (Lipinski definition) is 2. The van der Waals surface area contributed by atoms with Crippen LogP contribution in [0.15, 0.2) is 0 Å². The van der Waals surface area contributed by atoms with Crippen molar-refractivity contribution in [1.29, 1.82) is 0 Å². The lowest BCUT2D eigenvalue weighted by molar-refractivity contribution is -0.133. The van der Waals surface area contributed by atoms with Crippen molar-refractivity contribution >= 4 is 28.3 Å². The normalized spacial score (nSPS) is 22.6. The Bertz CT molecular complexity index is 651. The molecule has 2 aliphatic heterocycles. The predicted molar refractivity (Wildman–Crippen MR) is 107 cm³/mol. The molecule has 2 N–H and O–H groups in total. The Hall–Kier alpha value is -1.55. The quantitative estimate of drug-likeness (QED) is 0.765. The fraction of sp³-hybridized carbons (Fsp3) is 0.722. The van der Waals surface area contributed by atoms with Gasteiger partial charge in [-0.05, 0) is 40.3 Å². The summed E-state index contributed by atoms with van der Waals surface area (Å²) >= 11 is 1.50. The van der Waals surface area contributed by atoms with Gasteiger partial charge in [-0.25, -0.2) is 9.99 Å². The molecule has 1 unspecified atom stereocenters. The topological polar surface area (TPSA) is 80.8 Å². The van der Waals surface area contributed by atoms with E-state index < -0.39 is 0 Å². The molecular formula is C18H30N6O2S. The number of aryl methyl sites for hydroxylation is 2. The highest BCUT2D eigenvalue weighted by atomic mass is 32.1. The fourth-order valence-corrected chi connectivity index (χ4v) is 4.30. The van der Waals surface area contributed by atoms with E-state index in [1.54, 1.807) is 0 Å². The van der Waals surface area contributed by atoms with E-state index in [0.29, 0.717) is 18.2 Å². The predicted octanol–water partition coefficient (Wildman–Crippen LogP) is 0.689. The van der Waals surface area contributed by atoms with Crippen LogP contribution in [0.4, 0.5) is 5.13 Å². The summed E-state index contributed by atoms with van der Waals surface area (Å²) in [6, 6.07) is 0. The number of likely N-dealkylation sites (tertiary alicyclic amines) is 1. The van der Waals surface area contributed by atoms with Gasteiger partial charge in [-0.2, -0.15) is 0 Å². The molecule has 9 heteroatoms. The molecule has 0 bridgehead atoms. The van der Waals surface area contributed by atoms with Crippen molar-refractivity contribution in [2.45, 2.75) is 26.7 Å². The number of likely N-dealkylation sites (N-methyl/N-ethyl adjacent to an activating group) is 1. The maximum atomic E-state index is 12.6. The van der Waals surface area contributed by atoms with Gasteiger partial charge >= 0.3 is 0 Å². The smallest absolute Gasteiger partial charge is 0.240 e. The van der Waals surface area contributed by atoms with Crippen LogP contribution in [0.5, 0.6) is 0 Å². The Balaban J connectivity index is 1.45. The first kappa shape index (κ1) is 20.2. The van der Waals surface area contributed by atoms with E-state index >= 15 is 0 Å². The van der Waals surface area contributed by atoms with Crippen molar-refractivity contribution in [3.05, 3.63) is 10.6 Å². The molecule has 2 fully saturated rings. The molecule has 0 aliphatic carbocycles. The van der Waals surface area contributed by atoms with Crippen LogP contribution in [0.2, 0.25) is 0 Å². The maximum Gasteiger partial charge on any atom is 0.240 e. The maximum absolute atomic E-state index is 12.6. The Morgan fingerprint density at radius 1 is 1.19 bits per heavy atom. The molecular weight excluding hydrogens is 364 g/mol. The number of rotatable bonds is 5. The average molecular weight is 395 g/mol. The van der Waals surface area contributed by atoms with Crippen LogP contribution in [0.3, 0.4) is 0 Å². The van der Waals surface area contributed by atoms with E-state index in [1.165, 1.54) is 11.3 Å². The number of thiazole rings is 1. The Morgan fingerprint density at radius 3 is 2.59 bits per heavy atom. The highest BCUT2D eigenvalue weighted by Crippen LogP contribution is 2.21. The van der Waals surface area contributed by atoms with E-state index in [2.05, 4.69) is 32.6 Å². The number of piperazine rings is 1. The minimum Gasteiger partial charge on any atom is -0.304 e. The lowest BCUT2D eigenvalue weighted by Crippen LogP contribution is -2.55. The zero-order chi connectivity index (χ0) is 19.4. The molecule has 0 saturated carbocycles. The number of nitrogens with one attached hydrogen (secondary N) is 2.